The van der Waals surface area contributed by atoms with Gasteiger partial charge in [0.05, 0.1) is 11.0 Å². The second-order valence-electron chi connectivity index (χ2n) is 8.33. The molecule has 34 heavy (non-hydrogen) atoms. The second kappa shape index (κ2) is 10.9. The van der Waals surface area contributed by atoms with Crippen molar-refractivity contribution in [1.82, 2.24) is 20.2 Å². The summed E-state index contributed by atoms with van der Waals surface area (Å²) in [5.74, 6) is 0.884. The number of ether oxygens (including phenoxy) is 1. The monoisotopic (exact) mass is 480 g/mol. The van der Waals surface area contributed by atoms with Gasteiger partial charge in [-0.25, -0.2) is 4.98 Å². The summed E-state index contributed by atoms with van der Waals surface area (Å²) in [6.45, 7) is 7.22. The fourth-order valence-electron chi connectivity index (χ4n) is 4.11. The summed E-state index contributed by atoms with van der Waals surface area (Å²) >= 11 is 1.40. The van der Waals surface area contributed by atoms with Crippen molar-refractivity contribution in [2.24, 2.45) is 5.73 Å². The zero-order chi connectivity index (χ0) is 24.1. The first-order valence-corrected chi connectivity index (χ1v) is 12.6. The molecule has 5 N–H and O–H groups in total. The van der Waals surface area contributed by atoms with E-state index >= 15 is 0 Å². The zero-order valence-electron chi connectivity index (χ0n) is 19.6. The van der Waals surface area contributed by atoms with Crippen molar-refractivity contribution in [3.63, 3.8) is 0 Å². The number of carbonyl (C=O) groups excluding carboxylic acids is 1. The standard InChI is InChI=1S/C25H32N6O2S/c1-3-31(4-2)24(32)22(16-5-8-18(9-6-16)33-19-11-13-28-14-12-19)34-25-29-20-10-7-17(23(26)27)15-21(20)30-25/h5-10,15,19,22,28H,3-4,11-14H2,1-2H3,(H3,26,27)(H,29,30). The number of benzene rings is 2. The average molecular weight is 481 g/mol. The Kier molecular flexibility index (Phi) is 7.74. The Hall–Kier alpha value is -3.04. The van der Waals surface area contributed by atoms with E-state index in [-0.39, 0.29) is 17.8 Å². The Morgan fingerprint density at radius 2 is 1.91 bits per heavy atom. The largest absolute Gasteiger partial charge is 0.490 e. The van der Waals surface area contributed by atoms with E-state index in [2.05, 4.69) is 15.3 Å². The SMILES string of the molecule is CCN(CC)C(=O)C(Sc1nc2ccc(C(=N)N)cc2[nH]1)c1ccc(OC2CCNCC2)cc1. The molecule has 0 aliphatic carbocycles. The topological polar surface area (TPSA) is 120 Å². The van der Waals surface area contributed by atoms with E-state index in [4.69, 9.17) is 15.9 Å². The molecule has 1 unspecified atom stereocenters. The van der Waals surface area contributed by atoms with Crippen LogP contribution >= 0.6 is 11.8 Å². The summed E-state index contributed by atoms with van der Waals surface area (Å²) in [5.41, 5.74) is 8.72. The minimum atomic E-state index is -0.444. The van der Waals surface area contributed by atoms with Gasteiger partial charge in [0.25, 0.3) is 0 Å². The van der Waals surface area contributed by atoms with Gasteiger partial charge in [0, 0.05) is 18.7 Å². The molecular formula is C25H32N6O2S. The fourth-order valence-corrected chi connectivity index (χ4v) is 5.20. The first-order chi connectivity index (χ1) is 16.5. The highest BCUT2D eigenvalue weighted by atomic mass is 32.2. The van der Waals surface area contributed by atoms with Crippen molar-refractivity contribution < 1.29 is 9.53 Å². The van der Waals surface area contributed by atoms with E-state index in [0.717, 1.165) is 48.3 Å². The van der Waals surface area contributed by atoms with Crippen LogP contribution in [0.3, 0.4) is 0 Å². The van der Waals surface area contributed by atoms with Crippen LogP contribution in [-0.4, -0.2) is 58.9 Å². The number of imidazole rings is 1. The Morgan fingerprint density at radius 1 is 1.21 bits per heavy atom. The van der Waals surface area contributed by atoms with Gasteiger partial charge in [-0.05, 0) is 75.7 Å². The Morgan fingerprint density at radius 3 is 2.56 bits per heavy atom. The molecule has 0 saturated carbocycles. The van der Waals surface area contributed by atoms with E-state index in [1.54, 1.807) is 6.07 Å². The van der Waals surface area contributed by atoms with Gasteiger partial charge in [0.15, 0.2) is 5.16 Å². The zero-order valence-corrected chi connectivity index (χ0v) is 20.5. The molecule has 1 amide bonds. The van der Waals surface area contributed by atoms with E-state index in [0.29, 0.717) is 23.8 Å². The molecule has 0 spiro atoms. The molecule has 9 heteroatoms. The van der Waals surface area contributed by atoms with E-state index < -0.39 is 5.25 Å². The number of piperidine rings is 1. The highest BCUT2D eigenvalue weighted by molar-refractivity contribution is 8.00. The number of nitrogens with two attached hydrogens (primary N) is 1. The van der Waals surface area contributed by atoms with Gasteiger partial charge in [0.2, 0.25) is 5.91 Å². The number of hydrogen-bond donors (Lipinski definition) is 4. The normalized spacial score (nSPS) is 15.2. The van der Waals surface area contributed by atoms with E-state index in [1.807, 2.05) is 55.1 Å². The van der Waals surface area contributed by atoms with Gasteiger partial charge in [0.1, 0.15) is 22.9 Å². The van der Waals surface area contributed by atoms with Crippen LogP contribution in [0.15, 0.2) is 47.6 Å². The number of likely N-dealkylation sites (N-methyl/N-ethyl adjacent to an activating group) is 1. The molecule has 0 bridgehead atoms. The molecule has 1 fully saturated rings. The lowest BCUT2D eigenvalue weighted by Crippen LogP contribution is -2.34. The number of H-pyrrole nitrogens is 1. The summed E-state index contributed by atoms with van der Waals surface area (Å²) in [7, 11) is 0. The Balaban J connectivity index is 1.58. The third-order valence-electron chi connectivity index (χ3n) is 6.07. The van der Waals surface area contributed by atoms with Crippen LogP contribution in [0.1, 0.15) is 43.1 Å². The Bertz CT molecular complexity index is 1140. The predicted molar refractivity (Wildman–Crippen MR) is 137 cm³/mol. The molecule has 180 valence electrons. The molecule has 2 aromatic carbocycles. The number of nitrogens with one attached hydrogen (secondary N) is 3. The number of fused-ring (bicyclic) bond motifs is 1. The lowest BCUT2D eigenvalue weighted by molar-refractivity contribution is -0.130. The highest BCUT2D eigenvalue weighted by Crippen LogP contribution is 2.37. The summed E-state index contributed by atoms with van der Waals surface area (Å²) in [6.07, 6.45) is 2.22. The van der Waals surface area contributed by atoms with Gasteiger partial charge >= 0.3 is 0 Å². The molecule has 8 nitrogen and oxygen atoms in total. The van der Waals surface area contributed by atoms with Gasteiger partial charge in [-0.1, -0.05) is 23.9 Å². The molecule has 1 aromatic heterocycles. The minimum Gasteiger partial charge on any atom is -0.490 e. The maximum absolute atomic E-state index is 13.5. The van der Waals surface area contributed by atoms with Gasteiger partial charge in [-0.2, -0.15) is 0 Å². The number of rotatable bonds is 9. The molecule has 1 saturated heterocycles. The van der Waals surface area contributed by atoms with Crippen molar-refractivity contribution in [1.29, 1.82) is 5.41 Å². The van der Waals surface area contributed by atoms with Crippen LogP contribution < -0.4 is 15.8 Å². The van der Waals surface area contributed by atoms with Crippen LogP contribution in [0.2, 0.25) is 0 Å². The maximum Gasteiger partial charge on any atom is 0.240 e. The average Bonchev–Trinajstić information content (AvgIpc) is 3.26. The van der Waals surface area contributed by atoms with Crippen molar-refractivity contribution in [3.05, 3.63) is 53.6 Å². The van der Waals surface area contributed by atoms with Gasteiger partial charge in [-0.3, -0.25) is 10.2 Å². The summed E-state index contributed by atoms with van der Waals surface area (Å²) in [5, 5.41) is 11.2. The van der Waals surface area contributed by atoms with Crippen LogP contribution in [-0.2, 0) is 4.79 Å². The molecule has 3 aromatic rings. The third-order valence-corrected chi connectivity index (χ3v) is 7.20. The second-order valence-corrected chi connectivity index (χ2v) is 9.43. The number of hydrogen-bond acceptors (Lipinski definition) is 6. The van der Waals surface area contributed by atoms with Crippen molar-refractivity contribution >= 4 is 34.5 Å². The molecule has 1 aliphatic heterocycles. The number of amidine groups is 1. The van der Waals surface area contributed by atoms with Crippen LogP contribution in [0, 0.1) is 5.41 Å². The van der Waals surface area contributed by atoms with Crippen molar-refractivity contribution in [2.75, 3.05) is 26.2 Å². The highest BCUT2D eigenvalue weighted by Gasteiger charge is 2.27. The number of nitrogen functional groups attached to an aromatic ring is 1. The number of aromatic amines is 1. The third kappa shape index (κ3) is 5.53. The molecule has 4 rings (SSSR count). The minimum absolute atomic E-state index is 0.00656. The van der Waals surface area contributed by atoms with Gasteiger partial charge < -0.3 is 25.7 Å². The van der Waals surface area contributed by atoms with Crippen LogP contribution in [0.5, 0.6) is 5.75 Å². The van der Waals surface area contributed by atoms with Crippen LogP contribution in [0.4, 0.5) is 0 Å². The molecule has 1 aliphatic rings. The maximum atomic E-state index is 13.5. The molecular weight excluding hydrogens is 448 g/mol. The number of carbonyl (C=O) groups is 1. The quantitative estimate of drug-likeness (QED) is 0.211. The first kappa shape index (κ1) is 24.1. The molecule has 0 radical (unpaired) electrons. The number of aromatic nitrogens is 2. The lowest BCUT2D eigenvalue weighted by Gasteiger charge is -2.25. The first-order valence-electron chi connectivity index (χ1n) is 11.8. The number of nitrogens with zero attached hydrogens (tertiary/aromatic N) is 2. The van der Waals surface area contributed by atoms with Crippen LogP contribution in [0.25, 0.3) is 11.0 Å². The number of amides is 1. The predicted octanol–water partition coefficient (Wildman–Crippen LogP) is 3.68. The molecule has 2 heterocycles. The summed E-state index contributed by atoms with van der Waals surface area (Å²) < 4.78 is 6.14. The lowest BCUT2D eigenvalue weighted by atomic mass is 10.1. The summed E-state index contributed by atoms with van der Waals surface area (Å²) in [4.78, 5) is 23.2. The Labute approximate surface area is 204 Å². The van der Waals surface area contributed by atoms with E-state index in [9.17, 15) is 4.79 Å². The van der Waals surface area contributed by atoms with E-state index in [1.165, 1.54) is 11.8 Å². The number of thioether (sulfide) groups is 1. The fraction of sp³-hybridized carbons (Fsp3) is 0.400. The van der Waals surface area contributed by atoms with Gasteiger partial charge in [-0.15, -0.1) is 0 Å². The molecule has 1 atom stereocenters. The van der Waals surface area contributed by atoms with Crippen molar-refractivity contribution in [3.8, 4) is 5.75 Å². The smallest absolute Gasteiger partial charge is 0.240 e. The van der Waals surface area contributed by atoms with Crippen molar-refractivity contribution in [2.45, 2.75) is 43.2 Å². The summed E-state index contributed by atoms with van der Waals surface area (Å²) in [6, 6.07) is 13.3.